The van der Waals surface area contributed by atoms with Gasteiger partial charge in [-0.15, -0.1) is 0 Å². The highest BCUT2D eigenvalue weighted by Gasteiger charge is 2.35. The SMILES string of the molecule is COc1ccccc1-c1noc(Cn2nc(C)c(S(=O)(=O)N3CCc4ccccc43)c2C)n1. The van der Waals surface area contributed by atoms with Crippen LogP contribution in [0.25, 0.3) is 11.4 Å². The zero-order valence-corrected chi connectivity index (χ0v) is 19.3. The second-order valence-electron chi connectivity index (χ2n) is 7.83. The van der Waals surface area contributed by atoms with Gasteiger partial charge in [0.05, 0.1) is 29.7 Å². The van der Waals surface area contributed by atoms with E-state index in [4.69, 9.17) is 9.26 Å². The van der Waals surface area contributed by atoms with Crippen molar-refractivity contribution in [3.63, 3.8) is 0 Å². The van der Waals surface area contributed by atoms with Crippen molar-refractivity contribution in [2.24, 2.45) is 0 Å². The summed E-state index contributed by atoms with van der Waals surface area (Å²) in [5.41, 5.74) is 3.41. The molecule has 33 heavy (non-hydrogen) atoms. The van der Waals surface area contributed by atoms with Gasteiger partial charge >= 0.3 is 0 Å². The Labute approximate surface area is 191 Å². The molecule has 10 heteroatoms. The Bertz CT molecular complexity index is 1440. The summed E-state index contributed by atoms with van der Waals surface area (Å²) < 4.78 is 41.0. The lowest BCUT2D eigenvalue weighted by Crippen LogP contribution is -2.30. The van der Waals surface area contributed by atoms with Crippen LogP contribution in [0.3, 0.4) is 0 Å². The lowest BCUT2D eigenvalue weighted by molar-refractivity contribution is 0.364. The summed E-state index contributed by atoms with van der Waals surface area (Å²) in [5.74, 6) is 1.35. The van der Waals surface area contributed by atoms with E-state index in [1.807, 2.05) is 48.5 Å². The van der Waals surface area contributed by atoms with Crippen LogP contribution in [-0.4, -0.2) is 42.0 Å². The van der Waals surface area contributed by atoms with Crippen molar-refractivity contribution in [1.29, 1.82) is 0 Å². The zero-order valence-electron chi connectivity index (χ0n) is 18.5. The molecule has 0 N–H and O–H groups in total. The molecule has 1 aliphatic rings. The van der Waals surface area contributed by atoms with Gasteiger partial charge in [0.1, 0.15) is 17.2 Å². The molecule has 0 aliphatic carbocycles. The van der Waals surface area contributed by atoms with E-state index >= 15 is 0 Å². The van der Waals surface area contributed by atoms with Crippen LogP contribution in [0.15, 0.2) is 57.9 Å². The summed E-state index contributed by atoms with van der Waals surface area (Å²) in [6.45, 7) is 4.01. The van der Waals surface area contributed by atoms with E-state index in [1.165, 1.54) is 4.31 Å². The fraction of sp³-hybridized carbons (Fsp3) is 0.261. The molecule has 0 fully saturated rings. The molecule has 170 valence electrons. The van der Waals surface area contributed by atoms with Crippen LogP contribution in [0, 0.1) is 13.8 Å². The predicted octanol–water partition coefficient (Wildman–Crippen LogP) is 3.36. The lowest BCUT2D eigenvalue weighted by atomic mass is 10.2. The molecule has 3 heterocycles. The van der Waals surface area contributed by atoms with Crippen molar-refractivity contribution in [2.75, 3.05) is 18.0 Å². The maximum Gasteiger partial charge on any atom is 0.268 e. The monoisotopic (exact) mass is 465 g/mol. The number of methoxy groups -OCH3 is 1. The Morgan fingerprint density at radius 3 is 2.67 bits per heavy atom. The third-order valence-corrected chi connectivity index (χ3v) is 7.87. The summed E-state index contributed by atoms with van der Waals surface area (Å²) in [5, 5.41) is 8.53. The van der Waals surface area contributed by atoms with Crippen molar-refractivity contribution < 1.29 is 17.7 Å². The molecule has 0 amide bonds. The third kappa shape index (κ3) is 3.56. The fourth-order valence-corrected chi connectivity index (χ4v) is 6.14. The first-order valence-corrected chi connectivity index (χ1v) is 11.9. The molecule has 2 aromatic heterocycles. The van der Waals surface area contributed by atoms with E-state index in [9.17, 15) is 8.42 Å². The molecule has 0 bridgehead atoms. The molecule has 0 saturated heterocycles. The van der Waals surface area contributed by atoms with Crippen molar-refractivity contribution >= 4 is 15.7 Å². The maximum absolute atomic E-state index is 13.6. The van der Waals surface area contributed by atoms with Gasteiger partial charge in [-0.05, 0) is 44.0 Å². The number of anilines is 1. The topological polar surface area (TPSA) is 103 Å². The number of nitrogens with zero attached hydrogens (tertiary/aromatic N) is 5. The predicted molar refractivity (Wildman–Crippen MR) is 122 cm³/mol. The molecular formula is C23H23N5O4S. The minimum Gasteiger partial charge on any atom is -0.496 e. The molecule has 0 unspecified atom stereocenters. The smallest absolute Gasteiger partial charge is 0.268 e. The molecule has 4 aromatic rings. The van der Waals surface area contributed by atoms with Crippen molar-refractivity contribution in [1.82, 2.24) is 19.9 Å². The number of fused-ring (bicyclic) bond motifs is 1. The van der Waals surface area contributed by atoms with Crippen LogP contribution < -0.4 is 9.04 Å². The average molecular weight is 466 g/mol. The number of sulfonamides is 1. The summed E-state index contributed by atoms with van der Waals surface area (Å²) in [4.78, 5) is 4.67. The van der Waals surface area contributed by atoms with E-state index in [0.717, 1.165) is 11.3 Å². The second kappa shape index (κ2) is 8.04. The van der Waals surface area contributed by atoms with Crippen LogP contribution in [0.5, 0.6) is 5.75 Å². The number of hydrogen-bond acceptors (Lipinski definition) is 7. The first-order valence-electron chi connectivity index (χ1n) is 10.5. The van der Waals surface area contributed by atoms with Gasteiger partial charge in [-0.1, -0.05) is 35.5 Å². The number of para-hydroxylation sites is 2. The molecule has 0 radical (unpaired) electrons. The fourth-order valence-electron chi connectivity index (χ4n) is 4.26. The van der Waals surface area contributed by atoms with Crippen molar-refractivity contribution in [3.05, 3.63) is 71.4 Å². The van der Waals surface area contributed by atoms with Crippen LogP contribution in [0.4, 0.5) is 5.69 Å². The first-order chi connectivity index (χ1) is 15.9. The van der Waals surface area contributed by atoms with Crippen LogP contribution >= 0.6 is 0 Å². The van der Waals surface area contributed by atoms with Crippen molar-refractivity contribution in [3.8, 4) is 17.1 Å². The van der Waals surface area contributed by atoms with Crippen molar-refractivity contribution in [2.45, 2.75) is 31.7 Å². The molecule has 0 spiro atoms. The van der Waals surface area contributed by atoms with Crippen LogP contribution in [-0.2, 0) is 23.0 Å². The molecule has 0 atom stereocenters. The number of aryl methyl sites for hydroxylation is 1. The number of benzene rings is 2. The summed E-state index contributed by atoms with van der Waals surface area (Å²) in [7, 11) is -2.19. The molecule has 2 aromatic carbocycles. The van der Waals surface area contributed by atoms with Gasteiger partial charge in [-0.3, -0.25) is 8.99 Å². The van der Waals surface area contributed by atoms with Gasteiger partial charge in [0.15, 0.2) is 0 Å². The molecule has 5 rings (SSSR count). The van der Waals surface area contributed by atoms with Gasteiger partial charge in [0, 0.05) is 6.54 Å². The van der Waals surface area contributed by atoms with E-state index in [1.54, 1.807) is 25.6 Å². The summed E-state index contributed by atoms with van der Waals surface area (Å²) in [6, 6.07) is 15.0. The highest BCUT2D eigenvalue weighted by Crippen LogP contribution is 2.35. The number of rotatable bonds is 6. The van der Waals surface area contributed by atoms with Gasteiger partial charge in [-0.2, -0.15) is 10.1 Å². The minimum atomic E-state index is -3.76. The lowest BCUT2D eigenvalue weighted by Gasteiger charge is -2.19. The standard InChI is InChI=1S/C23H23N5O4S/c1-15-22(33(29,30)28-13-12-17-8-4-6-10-19(17)28)16(2)27(25-15)14-21-24-23(26-32-21)18-9-5-7-11-20(18)31-3/h4-11H,12-14H2,1-3H3. The van der Waals surface area contributed by atoms with E-state index in [2.05, 4.69) is 15.2 Å². The van der Waals surface area contributed by atoms with Gasteiger partial charge in [0.25, 0.3) is 10.0 Å². The Hall–Kier alpha value is -3.66. The number of ether oxygens (including phenoxy) is 1. The van der Waals surface area contributed by atoms with Gasteiger partial charge < -0.3 is 9.26 Å². The Morgan fingerprint density at radius 1 is 1.09 bits per heavy atom. The molecular weight excluding hydrogens is 442 g/mol. The average Bonchev–Trinajstić information content (AvgIpc) is 3.52. The Morgan fingerprint density at radius 2 is 1.85 bits per heavy atom. The van der Waals surface area contributed by atoms with E-state index < -0.39 is 10.0 Å². The third-order valence-electron chi connectivity index (χ3n) is 5.81. The largest absolute Gasteiger partial charge is 0.496 e. The highest BCUT2D eigenvalue weighted by atomic mass is 32.2. The first kappa shape index (κ1) is 21.2. The Balaban J connectivity index is 1.46. The van der Waals surface area contributed by atoms with E-state index in [-0.39, 0.29) is 11.4 Å². The van der Waals surface area contributed by atoms with Gasteiger partial charge in [0.2, 0.25) is 11.7 Å². The second-order valence-corrected chi connectivity index (χ2v) is 9.62. The quantitative estimate of drug-likeness (QED) is 0.430. The van der Waals surface area contributed by atoms with E-state index in [0.29, 0.717) is 47.4 Å². The maximum atomic E-state index is 13.6. The summed E-state index contributed by atoms with van der Waals surface area (Å²) in [6.07, 6.45) is 0.690. The minimum absolute atomic E-state index is 0.154. The number of hydrogen-bond donors (Lipinski definition) is 0. The highest BCUT2D eigenvalue weighted by molar-refractivity contribution is 7.93. The zero-order chi connectivity index (χ0) is 23.2. The van der Waals surface area contributed by atoms with Crippen LogP contribution in [0.1, 0.15) is 22.8 Å². The van der Waals surface area contributed by atoms with Gasteiger partial charge in [-0.25, -0.2) is 8.42 Å². The van der Waals surface area contributed by atoms with Crippen LogP contribution in [0.2, 0.25) is 0 Å². The summed E-state index contributed by atoms with van der Waals surface area (Å²) >= 11 is 0. The molecule has 0 saturated carbocycles. The Kier molecular flexibility index (Phi) is 5.16. The normalized spacial score (nSPS) is 13.4. The number of aromatic nitrogens is 4. The molecule has 1 aliphatic heterocycles. The molecule has 9 nitrogen and oxygen atoms in total.